The fraction of sp³-hybridized carbons (Fsp3) is 0.500. The molecule has 0 bridgehead atoms. The van der Waals surface area contributed by atoms with Gasteiger partial charge in [-0.25, -0.2) is 8.78 Å². The first-order valence-corrected chi connectivity index (χ1v) is 6.55. The van der Waals surface area contributed by atoms with Gasteiger partial charge in [0.2, 0.25) is 0 Å². The number of ether oxygens (including phenoxy) is 2. The second-order valence-electron chi connectivity index (χ2n) is 4.63. The lowest BCUT2D eigenvalue weighted by Gasteiger charge is -2.31. The van der Waals surface area contributed by atoms with Crippen molar-refractivity contribution in [3.8, 4) is 5.75 Å². The molecule has 1 aliphatic heterocycles. The summed E-state index contributed by atoms with van der Waals surface area (Å²) in [6.45, 7) is 5.12. The lowest BCUT2D eigenvalue weighted by atomic mass is 10.2. The highest BCUT2D eigenvalue weighted by Gasteiger charge is 2.21. The molecule has 1 atom stereocenters. The first-order valence-electron chi connectivity index (χ1n) is 6.55. The normalized spacial score (nSPS) is 19.9. The van der Waals surface area contributed by atoms with E-state index in [1.165, 1.54) is 0 Å². The molecule has 0 radical (unpaired) electrons. The molecular weight excluding hydrogens is 268 g/mol. The van der Waals surface area contributed by atoms with Crippen LogP contribution in [-0.4, -0.2) is 50.1 Å². The summed E-state index contributed by atoms with van der Waals surface area (Å²) in [5, 5.41) is 0. The molecule has 0 amide bonds. The van der Waals surface area contributed by atoms with Crippen LogP contribution < -0.4 is 4.74 Å². The van der Waals surface area contributed by atoms with Crippen LogP contribution in [-0.2, 0) is 4.74 Å². The average Bonchev–Trinajstić information content (AvgIpc) is 2.46. The fourth-order valence-electron chi connectivity index (χ4n) is 2.13. The molecule has 4 nitrogen and oxygen atoms in total. The molecule has 0 saturated carbocycles. The van der Waals surface area contributed by atoms with Gasteiger partial charge in [0.1, 0.15) is 19.0 Å². The second kappa shape index (κ2) is 6.76. The third-order valence-corrected chi connectivity index (χ3v) is 3.24. The molecule has 1 heterocycles. The van der Waals surface area contributed by atoms with Crippen molar-refractivity contribution in [1.29, 1.82) is 0 Å². The van der Waals surface area contributed by atoms with Crippen molar-refractivity contribution < 1.29 is 23.0 Å². The topological polar surface area (TPSA) is 38.8 Å². The Labute approximate surface area is 116 Å². The van der Waals surface area contributed by atoms with Gasteiger partial charge >= 0.3 is 0 Å². The highest BCUT2D eigenvalue weighted by molar-refractivity contribution is 5.75. The zero-order valence-corrected chi connectivity index (χ0v) is 11.3. The predicted octanol–water partition coefficient (Wildman–Crippen LogP) is 1.88. The van der Waals surface area contributed by atoms with E-state index in [4.69, 9.17) is 9.47 Å². The fourth-order valence-corrected chi connectivity index (χ4v) is 2.13. The van der Waals surface area contributed by atoms with Gasteiger partial charge in [0.05, 0.1) is 6.61 Å². The lowest BCUT2D eigenvalue weighted by molar-refractivity contribution is -0.0473. The van der Waals surface area contributed by atoms with Gasteiger partial charge in [-0.3, -0.25) is 9.69 Å². The number of aldehydes is 1. The van der Waals surface area contributed by atoms with Gasteiger partial charge in [-0.1, -0.05) is 6.92 Å². The Morgan fingerprint density at radius 3 is 2.75 bits per heavy atom. The van der Waals surface area contributed by atoms with Gasteiger partial charge in [0.15, 0.2) is 17.4 Å². The van der Waals surface area contributed by atoms with Crippen LogP contribution in [0.2, 0.25) is 0 Å². The summed E-state index contributed by atoms with van der Waals surface area (Å²) < 4.78 is 37.9. The smallest absolute Gasteiger partial charge is 0.190 e. The quantitative estimate of drug-likeness (QED) is 0.774. The molecule has 1 aromatic carbocycles. The zero-order chi connectivity index (χ0) is 14.5. The van der Waals surface area contributed by atoms with E-state index in [2.05, 4.69) is 4.90 Å². The number of benzene rings is 1. The summed E-state index contributed by atoms with van der Waals surface area (Å²) in [6.07, 6.45) is 0.174. The van der Waals surface area contributed by atoms with Crippen LogP contribution in [0.25, 0.3) is 0 Å². The van der Waals surface area contributed by atoms with Gasteiger partial charge in [-0.05, 0) is 18.7 Å². The third-order valence-electron chi connectivity index (χ3n) is 3.24. The van der Waals surface area contributed by atoms with Crippen LogP contribution in [0.5, 0.6) is 5.75 Å². The van der Waals surface area contributed by atoms with E-state index >= 15 is 0 Å². The van der Waals surface area contributed by atoms with E-state index in [9.17, 15) is 13.6 Å². The molecule has 0 spiro atoms. The number of rotatable bonds is 5. The number of carbonyl (C=O) groups is 1. The Kier molecular flexibility index (Phi) is 5.03. The molecule has 0 N–H and O–H groups in total. The van der Waals surface area contributed by atoms with Crippen LogP contribution in [0, 0.1) is 11.6 Å². The van der Waals surface area contributed by atoms with Crippen molar-refractivity contribution >= 4 is 6.29 Å². The number of halogens is 2. The SMILES string of the molecule is CCN1CCOC(COc2c(F)cc(C=O)cc2F)C1. The molecule has 20 heavy (non-hydrogen) atoms. The molecular formula is C14H17F2NO3. The van der Waals surface area contributed by atoms with Crippen molar-refractivity contribution in [2.45, 2.75) is 13.0 Å². The van der Waals surface area contributed by atoms with E-state index < -0.39 is 17.4 Å². The van der Waals surface area contributed by atoms with Gasteiger partial charge in [0, 0.05) is 18.7 Å². The maximum atomic E-state index is 13.6. The van der Waals surface area contributed by atoms with Gasteiger partial charge < -0.3 is 9.47 Å². The number of hydrogen-bond acceptors (Lipinski definition) is 4. The molecule has 0 aromatic heterocycles. The molecule has 1 aromatic rings. The molecule has 0 aliphatic carbocycles. The summed E-state index contributed by atoms with van der Waals surface area (Å²) in [7, 11) is 0. The molecule has 1 fully saturated rings. The Morgan fingerprint density at radius 2 is 2.15 bits per heavy atom. The monoisotopic (exact) mass is 285 g/mol. The lowest BCUT2D eigenvalue weighted by Crippen LogP contribution is -2.44. The van der Waals surface area contributed by atoms with Crippen LogP contribution in [0.15, 0.2) is 12.1 Å². The summed E-state index contributed by atoms with van der Waals surface area (Å²) in [5.74, 6) is -2.22. The Bertz CT molecular complexity index is 458. The molecule has 110 valence electrons. The number of likely N-dealkylation sites (N-methyl/N-ethyl adjacent to an activating group) is 1. The van der Waals surface area contributed by atoms with Crippen LogP contribution in [0.3, 0.4) is 0 Å². The Morgan fingerprint density at radius 1 is 1.45 bits per heavy atom. The molecule has 1 aliphatic rings. The number of carbonyl (C=O) groups excluding carboxylic acids is 1. The van der Waals surface area contributed by atoms with E-state index in [0.717, 1.165) is 25.2 Å². The van der Waals surface area contributed by atoms with Crippen LogP contribution in [0.1, 0.15) is 17.3 Å². The van der Waals surface area contributed by atoms with Crippen LogP contribution in [0.4, 0.5) is 8.78 Å². The zero-order valence-electron chi connectivity index (χ0n) is 11.3. The Hall–Kier alpha value is -1.53. The minimum absolute atomic E-state index is 0.0570. The van der Waals surface area contributed by atoms with E-state index in [-0.39, 0.29) is 18.3 Å². The van der Waals surface area contributed by atoms with E-state index in [1.54, 1.807) is 0 Å². The Balaban J connectivity index is 1.98. The number of hydrogen-bond donors (Lipinski definition) is 0. The highest BCUT2D eigenvalue weighted by atomic mass is 19.1. The first-order chi connectivity index (χ1) is 9.63. The maximum absolute atomic E-state index is 13.6. The van der Waals surface area contributed by atoms with Gasteiger partial charge in [-0.2, -0.15) is 0 Å². The first kappa shape index (κ1) is 14.9. The number of nitrogens with zero attached hydrogens (tertiary/aromatic N) is 1. The van der Waals surface area contributed by atoms with Crippen LogP contribution >= 0.6 is 0 Å². The van der Waals surface area contributed by atoms with Crippen molar-refractivity contribution in [3.63, 3.8) is 0 Å². The summed E-state index contributed by atoms with van der Waals surface area (Å²) in [4.78, 5) is 12.7. The van der Waals surface area contributed by atoms with Gasteiger partial charge in [0.25, 0.3) is 0 Å². The van der Waals surface area contributed by atoms with Crippen molar-refractivity contribution in [1.82, 2.24) is 4.90 Å². The summed E-state index contributed by atoms with van der Waals surface area (Å²) in [6, 6.07) is 1.90. The molecule has 1 unspecified atom stereocenters. The summed E-state index contributed by atoms with van der Waals surface area (Å²) in [5.41, 5.74) is -0.0570. The summed E-state index contributed by atoms with van der Waals surface area (Å²) >= 11 is 0. The minimum atomic E-state index is -0.879. The van der Waals surface area contributed by atoms with Crippen molar-refractivity contribution in [2.24, 2.45) is 0 Å². The standard InChI is InChI=1S/C14H17F2NO3/c1-2-17-3-4-19-11(7-17)9-20-14-12(15)5-10(8-18)6-13(14)16/h5-6,8,11H,2-4,7,9H2,1H3. The second-order valence-corrected chi connectivity index (χ2v) is 4.63. The molecule has 6 heteroatoms. The molecule has 1 saturated heterocycles. The van der Waals surface area contributed by atoms with Crippen molar-refractivity contribution in [2.75, 3.05) is 32.8 Å². The van der Waals surface area contributed by atoms with Gasteiger partial charge in [-0.15, -0.1) is 0 Å². The number of morpholine rings is 1. The highest BCUT2D eigenvalue weighted by Crippen LogP contribution is 2.23. The largest absolute Gasteiger partial charge is 0.485 e. The maximum Gasteiger partial charge on any atom is 0.190 e. The van der Waals surface area contributed by atoms with Crippen molar-refractivity contribution in [3.05, 3.63) is 29.3 Å². The molecule has 2 rings (SSSR count). The average molecular weight is 285 g/mol. The van der Waals surface area contributed by atoms with E-state index in [0.29, 0.717) is 19.4 Å². The predicted molar refractivity (Wildman–Crippen MR) is 69.1 cm³/mol. The third kappa shape index (κ3) is 3.52. The minimum Gasteiger partial charge on any atom is -0.485 e. The van der Waals surface area contributed by atoms with E-state index in [1.807, 2.05) is 6.92 Å².